The van der Waals surface area contributed by atoms with Crippen LogP contribution in [0.15, 0.2) is 89.8 Å². The molecule has 186 valence electrons. The first kappa shape index (κ1) is 23.5. The van der Waals surface area contributed by atoms with Gasteiger partial charge >= 0.3 is 5.97 Å². The lowest BCUT2D eigenvalue weighted by Gasteiger charge is -2.37. The summed E-state index contributed by atoms with van der Waals surface area (Å²) in [6.45, 7) is 6.06. The van der Waals surface area contributed by atoms with Crippen LogP contribution in [0.5, 0.6) is 11.5 Å². The van der Waals surface area contributed by atoms with Crippen LogP contribution in [0.3, 0.4) is 0 Å². The molecular weight excluding hydrogens is 480 g/mol. The van der Waals surface area contributed by atoms with E-state index in [1.165, 1.54) is 0 Å². The summed E-state index contributed by atoms with van der Waals surface area (Å²) >= 11 is 1.64. The summed E-state index contributed by atoms with van der Waals surface area (Å²) in [6.07, 6.45) is 2.05. The van der Waals surface area contributed by atoms with Gasteiger partial charge in [0.1, 0.15) is 11.5 Å². The quantitative estimate of drug-likeness (QED) is 0.214. The lowest BCUT2D eigenvalue weighted by Crippen LogP contribution is -2.33. The second-order valence-corrected chi connectivity index (χ2v) is 9.96. The highest BCUT2D eigenvalue weighted by Gasteiger charge is 2.53. The number of benzene rings is 4. The number of carbonyl (C=O) groups excluding carboxylic acids is 1. The molecule has 0 saturated heterocycles. The Morgan fingerprint density at radius 1 is 0.838 bits per heavy atom. The number of rotatable bonds is 6. The van der Waals surface area contributed by atoms with Gasteiger partial charge in [-0.3, -0.25) is 0 Å². The SMILES string of the molecule is CCN(CC)c1ccc2c(c1)Oc1cc(SC)c(Nc3ccccc3)cc1C21OC(=O)c2ccccc21. The number of anilines is 3. The van der Waals surface area contributed by atoms with Gasteiger partial charge in [0.15, 0.2) is 5.60 Å². The van der Waals surface area contributed by atoms with E-state index in [1.807, 2.05) is 66.9 Å². The molecule has 0 radical (unpaired) electrons. The second-order valence-electron chi connectivity index (χ2n) is 9.11. The predicted molar refractivity (Wildman–Crippen MR) is 150 cm³/mol. The average Bonchev–Trinajstić information content (AvgIpc) is 3.23. The third kappa shape index (κ3) is 3.66. The van der Waals surface area contributed by atoms with E-state index in [1.54, 1.807) is 11.8 Å². The summed E-state index contributed by atoms with van der Waals surface area (Å²) < 4.78 is 13.0. The average molecular weight is 509 g/mol. The fraction of sp³-hybridized carbons (Fsp3) is 0.194. The minimum Gasteiger partial charge on any atom is -0.456 e. The van der Waals surface area contributed by atoms with E-state index in [0.29, 0.717) is 17.1 Å². The smallest absolute Gasteiger partial charge is 0.340 e. The van der Waals surface area contributed by atoms with Crippen LogP contribution in [-0.2, 0) is 10.3 Å². The topological polar surface area (TPSA) is 50.8 Å². The number of nitrogens with zero attached hydrogens (tertiary/aromatic N) is 1. The van der Waals surface area contributed by atoms with Crippen molar-refractivity contribution >= 4 is 34.8 Å². The van der Waals surface area contributed by atoms with Crippen molar-refractivity contribution in [2.75, 3.05) is 29.6 Å². The van der Waals surface area contributed by atoms with Crippen molar-refractivity contribution in [3.05, 3.63) is 107 Å². The fourth-order valence-electron chi connectivity index (χ4n) is 5.42. The number of para-hydroxylation sites is 1. The molecule has 0 bridgehead atoms. The Morgan fingerprint density at radius 3 is 2.32 bits per heavy atom. The fourth-order valence-corrected chi connectivity index (χ4v) is 5.97. The summed E-state index contributed by atoms with van der Waals surface area (Å²) in [7, 11) is 0. The lowest BCUT2D eigenvalue weighted by molar-refractivity contribution is 0.0224. The highest BCUT2D eigenvalue weighted by molar-refractivity contribution is 7.98. The summed E-state index contributed by atoms with van der Waals surface area (Å²) in [4.78, 5) is 16.6. The first-order chi connectivity index (χ1) is 18.1. The highest BCUT2D eigenvalue weighted by atomic mass is 32.2. The molecule has 5 nitrogen and oxygen atoms in total. The van der Waals surface area contributed by atoms with Gasteiger partial charge in [0.05, 0.1) is 11.3 Å². The van der Waals surface area contributed by atoms with E-state index in [9.17, 15) is 4.79 Å². The molecule has 0 amide bonds. The number of nitrogens with one attached hydrogen (secondary N) is 1. The van der Waals surface area contributed by atoms with Gasteiger partial charge in [-0.2, -0.15) is 0 Å². The number of hydrogen-bond donors (Lipinski definition) is 1. The number of fused-ring (bicyclic) bond motifs is 6. The van der Waals surface area contributed by atoms with Crippen molar-refractivity contribution in [3.63, 3.8) is 0 Å². The summed E-state index contributed by atoms with van der Waals surface area (Å²) in [5.74, 6) is 1.07. The van der Waals surface area contributed by atoms with Crippen LogP contribution in [0.4, 0.5) is 17.1 Å². The van der Waals surface area contributed by atoms with Crippen LogP contribution in [0.25, 0.3) is 0 Å². The number of esters is 1. The van der Waals surface area contributed by atoms with E-state index < -0.39 is 5.60 Å². The second kappa shape index (κ2) is 9.20. The molecule has 1 unspecified atom stereocenters. The first-order valence-corrected chi connectivity index (χ1v) is 13.8. The van der Waals surface area contributed by atoms with Gasteiger partial charge in [0.25, 0.3) is 0 Å². The van der Waals surface area contributed by atoms with Crippen molar-refractivity contribution in [1.82, 2.24) is 0 Å². The Balaban J connectivity index is 1.60. The van der Waals surface area contributed by atoms with Crippen LogP contribution in [0.1, 0.15) is 40.9 Å². The molecule has 1 N–H and O–H groups in total. The normalized spacial score (nSPS) is 16.9. The standard InChI is InChI=1S/C31H28N2O3S/c1-4-33(5-2)21-15-16-24-27(17-21)35-28-19-29(37-3)26(32-20-11-7-6-8-12-20)18-25(28)31(24)23-14-10-9-13-22(23)30(34)36-31/h6-19,32H,4-5H2,1-3H3. The Hall–Kier alpha value is -3.90. The number of hydrogen-bond acceptors (Lipinski definition) is 6. The van der Waals surface area contributed by atoms with Gasteiger partial charge in [-0.15, -0.1) is 11.8 Å². The lowest BCUT2D eigenvalue weighted by atomic mass is 9.77. The molecule has 1 spiro atoms. The van der Waals surface area contributed by atoms with E-state index in [4.69, 9.17) is 9.47 Å². The van der Waals surface area contributed by atoms with Crippen LogP contribution in [-0.4, -0.2) is 25.3 Å². The number of thioether (sulfide) groups is 1. The van der Waals surface area contributed by atoms with Gasteiger partial charge in [0.2, 0.25) is 0 Å². The van der Waals surface area contributed by atoms with Crippen molar-refractivity contribution in [2.24, 2.45) is 0 Å². The van der Waals surface area contributed by atoms with Crippen molar-refractivity contribution in [1.29, 1.82) is 0 Å². The van der Waals surface area contributed by atoms with Crippen molar-refractivity contribution < 1.29 is 14.3 Å². The molecule has 4 aromatic carbocycles. The Labute approximate surface area is 221 Å². The van der Waals surface area contributed by atoms with E-state index in [2.05, 4.69) is 48.3 Å². The molecule has 2 heterocycles. The van der Waals surface area contributed by atoms with Gasteiger partial charge in [-0.25, -0.2) is 4.79 Å². The van der Waals surface area contributed by atoms with Crippen LogP contribution in [0.2, 0.25) is 0 Å². The Bertz CT molecular complexity index is 1500. The maximum absolute atomic E-state index is 13.2. The first-order valence-electron chi connectivity index (χ1n) is 12.5. The van der Waals surface area contributed by atoms with Crippen LogP contribution < -0.4 is 15.0 Å². The maximum atomic E-state index is 13.2. The third-order valence-corrected chi connectivity index (χ3v) is 7.98. The van der Waals surface area contributed by atoms with Gasteiger partial charge in [-0.05, 0) is 62.6 Å². The van der Waals surface area contributed by atoms with Gasteiger partial charge in [0, 0.05) is 52.1 Å². The molecule has 1 atom stereocenters. The molecule has 6 heteroatoms. The Kier molecular flexibility index (Phi) is 5.84. The zero-order valence-electron chi connectivity index (χ0n) is 21.1. The third-order valence-electron chi connectivity index (χ3n) is 7.20. The summed E-state index contributed by atoms with van der Waals surface area (Å²) in [5.41, 5.74) is 4.96. The van der Waals surface area contributed by atoms with Gasteiger partial charge in [-0.1, -0.05) is 36.4 Å². The molecule has 2 aliphatic rings. The molecule has 2 aliphatic heterocycles. The minimum absolute atomic E-state index is 0.325. The minimum atomic E-state index is -1.09. The van der Waals surface area contributed by atoms with Crippen LogP contribution in [0, 0.1) is 0 Å². The molecule has 0 fully saturated rings. The highest BCUT2D eigenvalue weighted by Crippen LogP contribution is 2.58. The molecule has 37 heavy (non-hydrogen) atoms. The van der Waals surface area contributed by atoms with Crippen molar-refractivity contribution in [3.8, 4) is 11.5 Å². The molecule has 6 rings (SSSR count). The maximum Gasteiger partial charge on any atom is 0.340 e. The monoisotopic (exact) mass is 508 g/mol. The van der Waals surface area contributed by atoms with Gasteiger partial charge < -0.3 is 19.7 Å². The molecular formula is C31H28N2O3S. The van der Waals surface area contributed by atoms with Crippen LogP contribution >= 0.6 is 11.8 Å². The summed E-state index contributed by atoms with van der Waals surface area (Å²) in [6, 6.07) is 28.1. The van der Waals surface area contributed by atoms with E-state index in [-0.39, 0.29) is 5.97 Å². The summed E-state index contributed by atoms with van der Waals surface area (Å²) in [5, 5.41) is 3.55. The van der Waals surface area contributed by atoms with E-state index >= 15 is 0 Å². The zero-order valence-corrected chi connectivity index (χ0v) is 21.9. The largest absolute Gasteiger partial charge is 0.456 e. The number of carbonyl (C=O) groups is 1. The Morgan fingerprint density at radius 2 is 1.57 bits per heavy atom. The molecule has 0 aliphatic carbocycles. The molecule has 0 saturated carbocycles. The molecule has 4 aromatic rings. The molecule has 0 aromatic heterocycles. The predicted octanol–water partition coefficient (Wildman–Crippen LogP) is 7.57. The van der Waals surface area contributed by atoms with Crippen molar-refractivity contribution in [2.45, 2.75) is 24.3 Å². The van der Waals surface area contributed by atoms with E-state index in [0.717, 1.165) is 51.7 Å². The zero-order chi connectivity index (χ0) is 25.6. The number of ether oxygens (including phenoxy) is 2.